The lowest BCUT2D eigenvalue weighted by atomic mass is 10.7. The van der Waals surface area contributed by atoms with Crippen LogP contribution in [0.3, 0.4) is 0 Å². The molecular formula is C4H7Cl3N2O. The first-order chi connectivity index (χ1) is 4.52. The Bertz CT molecular complexity index is 128. The smallest absolute Gasteiger partial charge is 0.316 e. The number of nitrogens with one attached hydrogen (secondary N) is 2. The van der Waals surface area contributed by atoms with Crippen LogP contribution in [0.25, 0.3) is 0 Å². The van der Waals surface area contributed by atoms with Crippen LogP contribution in [0.5, 0.6) is 0 Å². The molecule has 0 bridgehead atoms. The maximum atomic E-state index is 10.5. The van der Waals surface area contributed by atoms with Crippen LogP contribution < -0.4 is 10.6 Å². The minimum atomic E-state index is -1.39. The van der Waals surface area contributed by atoms with Crippen molar-refractivity contribution in [3.05, 3.63) is 0 Å². The van der Waals surface area contributed by atoms with Gasteiger partial charge in [-0.05, 0) is 0 Å². The largest absolute Gasteiger partial charge is 0.341 e. The summed E-state index contributed by atoms with van der Waals surface area (Å²) in [5.41, 5.74) is 0. The van der Waals surface area contributed by atoms with Crippen molar-refractivity contribution in [3.63, 3.8) is 0 Å². The third-order valence-corrected chi connectivity index (χ3v) is 1.82. The first kappa shape index (κ1) is 10.1. The number of carbonyl (C=O) groups excluding carboxylic acids is 1. The molecule has 0 heterocycles. The average Bonchev–Trinajstić information content (AvgIpc) is 1.87. The molecule has 3 nitrogen and oxygen atoms in total. The van der Waals surface area contributed by atoms with E-state index in [1.165, 1.54) is 7.05 Å². The topological polar surface area (TPSA) is 41.1 Å². The summed E-state index contributed by atoms with van der Waals surface area (Å²) in [6, 6.07) is -0.467. The second-order valence-electron chi connectivity index (χ2n) is 1.54. The first-order valence-electron chi connectivity index (χ1n) is 2.45. The van der Waals surface area contributed by atoms with E-state index >= 15 is 0 Å². The number of hydrogen-bond acceptors (Lipinski definition) is 1. The van der Waals surface area contributed by atoms with Crippen molar-refractivity contribution >= 4 is 40.8 Å². The lowest BCUT2D eigenvalue weighted by Gasteiger charge is -2.16. The van der Waals surface area contributed by atoms with E-state index in [1.54, 1.807) is 0 Å². The van der Waals surface area contributed by atoms with Gasteiger partial charge in [-0.25, -0.2) is 4.79 Å². The van der Waals surface area contributed by atoms with Gasteiger partial charge in [0.1, 0.15) is 0 Å². The number of rotatable bonds is 2. The molecule has 0 aromatic rings. The van der Waals surface area contributed by atoms with Crippen molar-refractivity contribution in [1.29, 1.82) is 0 Å². The van der Waals surface area contributed by atoms with Gasteiger partial charge in [-0.3, -0.25) is 0 Å². The summed E-state index contributed by atoms with van der Waals surface area (Å²) in [6.07, 6.45) is 0. The Kier molecular flexibility index (Phi) is 4.17. The van der Waals surface area contributed by atoms with E-state index < -0.39 is 10.5 Å². The van der Waals surface area contributed by atoms with Crippen LogP contribution >= 0.6 is 34.8 Å². The molecule has 0 aromatic carbocycles. The summed E-state index contributed by atoms with van der Waals surface area (Å²) in [5, 5.41) is 4.48. The lowest BCUT2D eigenvalue weighted by molar-refractivity contribution is 0.241. The molecule has 0 aliphatic rings. The average molecular weight is 205 g/mol. The normalized spacial score (nSPS) is 10.8. The van der Waals surface area contributed by atoms with Crippen LogP contribution in [0.2, 0.25) is 0 Å². The fourth-order valence-electron chi connectivity index (χ4n) is 0.262. The molecule has 6 heteroatoms. The van der Waals surface area contributed by atoms with Gasteiger partial charge in [0.15, 0.2) is 0 Å². The number of urea groups is 1. The molecule has 10 heavy (non-hydrogen) atoms. The monoisotopic (exact) mass is 204 g/mol. The van der Waals surface area contributed by atoms with Gasteiger partial charge in [-0.1, -0.05) is 23.2 Å². The van der Waals surface area contributed by atoms with E-state index in [0.29, 0.717) is 0 Å². The molecule has 0 saturated heterocycles. The Morgan fingerprint density at radius 2 is 2.10 bits per heavy atom. The van der Waals surface area contributed by atoms with Crippen LogP contribution in [-0.2, 0) is 0 Å². The van der Waals surface area contributed by atoms with Gasteiger partial charge in [0.05, 0.1) is 5.88 Å². The van der Waals surface area contributed by atoms with Gasteiger partial charge in [-0.15, -0.1) is 11.6 Å². The molecule has 0 aliphatic carbocycles. The first-order valence-corrected chi connectivity index (χ1v) is 3.74. The number of alkyl halides is 3. The van der Waals surface area contributed by atoms with Crippen molar-refractivity contribution in [2.24, 2.45) is 0 Å². The zero-order valence-electron chi connectivity index (χ0n) is 5.25. The Morgan fingerprint density at radius 3 is 2.40 bits per heavy atom. The molecule has 0 radical (unpaired) electrons. The van der Waals surface area contributed by atoms with Crippen molar-refractivity contribution in [2.45, 2.75) is 4.46 Å². The van der Waals surface area contributed by atoms with E-state index in [-0.39, 0.29) is 5.88 Å². The predicted octanol–water partition coefficient (Wildman–Crippen LogP) is 1.29. The van der Waals surface area contributed by atoms with Crippen molar-refractivity contribution in [1.82, 2.24) is 10.6 Å². The van der Waals surface area contributed by atoms with Crippen LogP contribution in [0.15, 0.2) is 0 Å². The van der Waals surface area contributed by atoms with Crippen LogP contribution in [0.4, 0.5) is 4.79 Å². The highest BCUT2D eigenvalue weighted by atomic mass is 35.5. The molecule has 0 saturated carbocycles. The van der Waals surface area contributed by atoms with Crippen molar-refractivity contribution in [2.75, 3.05) is 12.9 Å². The van der Waals surface area contributed by atoms with Gasteiger partial charge < -0.3 is 10.6 Å². The third-order valence-electron chi connectivity index (χ3n) is 0.691. The van der Waals surface area contributed by atoms with Gasteiger partial charge in [0.25, 0.3) is 0 Å². The lowest BCUT2D eigenvalue weighted by Crippen LogP contribution is -2.45. The summed E-state index contributed by atoms with van der Waals surface area (Å²) in [5.74, 6) is -0.0659. The van der Waals surface area contributed by atoms with E-state index in [4.69, 9.17) is 34.8 Å². The van der Waals surface area contributed by atoms with Crippen LogP contribution in [0, 0.1) is 0 Å². The predicted molar refractivity (Wildman–Crippen MR) is 42.7 cm³/mol. The zero-order chi connectivity index (χ0) is 8.20. The van der Waals surface area contributed by atoms with Gasteiger partial charge in [0.2, 0.25) is 4.46 Å². The highest BCUT2D eigenvalue weighted by molar-refractivity contribution is 6.51. The summed E-state index contributed by atoms with van der Waals surface area (Å²) in [7, 11) is 1.45. The van der Waals surface area contributed by atoms with Crippen molar-refractivity contribution in [3.8, 4) is 0 Å². The van der Waals surface area contributed by atoms with Crippen LogP contribution in [-0.4, -0.2) is 23.4 Å². The second kappa shape index (κ2) is 4.11. The fraction of sp³-hybridized carbons (Fsp3) is 0.750. The molecule has 0 aromatic heterocycles. The Hall–Kier alpha value is 0.140. The minimum Gasteiger partial charge on any atom is -0.341 e. The molecule has 0 fully saturated rings. The molecule has 0 rings (SSSR count). The highest BCUT2D eigenvalue weighted by Crippen LogP contribution is 2.17. The van der Waals surface area contributed by atoms with E-state index in [2.05, 4.69) is 10.6 Å². The fourth-order valence-corrected chi connectivity index (χ4v) is 0.500. The summed E-state index contributed by atoms with van der Waals surface area (Å²) in [6.45, 7) is 0. The number of hydrogen-bond donors (Lipinski definition) is 2. The van der Waals surface area contributed by atoms with Gasteiger partial charge in [0, 0.05) is 7.05 Å². The molecule has 2 N–H and O–H groups in total. The second-order valence-corrected chi connectivity index (χ2v) is 3.29. The maximum absolute atomic E-state index is 10.5. The minimum absolute atomic E-state index is 0.0659. The molecule has 0 atom stereocenters. The van der Waals surface area contributed by atoms with Crippen LogP contribution in [0.1, 0.15) is 0 Å². The molecule has 0 aliphatic heterocycles. The number of halogens is 3. The summed E-state index contributed by atoms with van der Waals surface area (Å²) < 4.78 is -1.39. The quantitative estimate of drug-likeness (QED) is 0.518. The third kappa shape index (κ3) is 4.04. The maximum Gasteiger partial charge on any atom is 0.316 e. The SMILES string of the molecule is CNC(=O)NC(Cl)(Cl)CCl. The van der Waals surface area contributed by atoms with E-state index in [0.717, 1.165) is 0 Å². The summed E-state index contributed by atoms with van der Waals surface area (Å²) >= 11 is 16.2. The van der Waals surface area contributed by atoms with E-state index in [9.17, 15) is 4.79 Å². The Balaban J connectivity index is 3.76. The molecule has 0 spiro atoms. The highest BCUT2D eigenvalue weighted by Gasteiger charge is 2.23. The standard InChI is InChI=1S/C4H7Cl3N2O/c1-8-3(10)9-4(6,7)2-5/h2H2,1H3,(H2,8,9,10). The molecule has 0 unspecified atom stereocenters. The molecular weight excluding hydrogens is 198 g/mol. The molecule has 2 amide bonds. The van der Waals surface area contributed by atoms with Gasteiger partial charge in [-0.2, -0.15) is 0 Å². The Morgan fingerprint density at radius 1 is 1.60 bits per heavy atom. The van der Waals surface area contributed by atoms with Gasteiger partial charge >= 0.3 is 6.03 Å². The van der Waals surface area contributed by atoms with Crippen molar-refractivity contribution < 1.29 is 4.79 Å². The molecule has 60 valence electrons. The zero-order valence-corrected chi connectivity index (χ0v) is 7.52. The Labute approximate surface area is 74.0 Å². The number of carbonyl (C=O) groups is 1. The van der Waals surface area contributed by atoms with E-state index in [1.807, 2.05) is 0 Å². The summed E-state index contributed by atoms with van der Waals surface area (Å²) in [4.78, 5) is 10.5. The number of amides is 2.